The minimum Gasteiger partial charge on any atom is -0.367 e. The van der Waals surface area contributed by atoms with E-state index in [4.69, 9.17) is 23.2 Å². The predicted molar refractivity (Wildman–Crippen MR) is 128 cm³/mol. The largest absolute Gasteiger partial charge is 0.367 e. The highest BCUT2D eigenvalue weighted by molar-refractivity contribution is 7.10. The molecule has 1 aromatic heterocycles. The van der Waals surface area contributed by atoms with Gasteiger partial charge in [0.1, 0.15) is 0 Å². The van der Waals surface area contributed by atoms with Gasteiger partial charge in [-0.05, 0) is 90.7 Å². The van der Waals surface area contributed by atoms with Gasteiger partial charge in [-0.2, -0.15) is 0 Å². The van der Waals surface area contributed by atoms with Crippen LogP contribution in [0.4, 0.5) is 11.4 Å². The summed E-state index contributed by atoms with van der Waals surface area (Å²) in [5.74, 6) is -0.00839. The molecule has 1 aliphatic heterocycles. The maximum absolute atomic E-state index is 12.6. The molecule has 1 amide bonds. The Balaban J connectivity index is 1.42. The highest BCUT2D eigenvalue weighted by Gasteiger charge is 2.19. The number of carbonyl (C=O) groups excluding carboxylic acids is 1. The number of carbonyl (C=O) groups is 1. The van der Waals surface area contributed by atoms with E-state index < -0.39 is 0 Å². The van der Waals surface area contributed by atoms with Gasteiger partial charge in [-0.25, -0.2) is 0 Å². The lowest BCUT2D eigenvalue weighted by Gasteiger charge is -2.30. The lowest BCUT2D eigenvalue weighted by Crippen LogP contribution is -2.29. The fourth-order valence-corrected chi connectivity index (χ4v) is 5.47. The van der Waals surface area contributed by atoms with Gasteiger partial charge in [-0.15, -0.1) is 11.3 Å². The van der Waals surface area contributed by atoms with Crippen molar-refractivity contribution in [2.24, 2.45) is 0 Å². The van der Waals surface area contributed by atoms with Crippen molar-refractivity contribution in [1.82, 2.24) is 0 Å². The first-order valence-electron chi connectivity index (χ1n) is 10.1. The molecule has 2 heterocycles. The van der Waals surface area contributed by atoms with E-state index in [0.29, 0.717) is 22.9 Å². The predicted octanol–water partition coefficient (Wildman–Crippen LogP) is 6.81. The molecule has 156 valence electrons. The van der Waals surface area contributed by atoms with Crippen molar-refractivity contribution in [3.63, 3.8) is 0 Å². The van der Waals surface area contributed by atoms with Crippen molar-refractivity contribution in [3.8, 4) is 0 Å². The van der Waals surface area contributed by atoms with Crippen molar-refractivity contribution in [2.75, 3.05) is 16.8 Å². The van der Waals surface area contributed by atoms with Gasteiger partial charge in [0.05, 0.1) is 0 Å². The summed E-state index contributed by atoms with van der Waals surface area (Å²) >= 11 is 14.0. The summed E-state index contributed by atoms with van der Waals surface area (Å²) in [6.45, 7) is 6.09. The van der Waals surface area contributed by atoms with Crippen LogP contribution in [0.2, 0.25) is 10.0 Å². The van der Waals surface area contributed by atoms with Gasteiger partial charge >= 0.3 is 0 Å². The topological polar surface area (TPSA) is 32.3 Å². The Morgan fingerprint density at radius 3 is 2.50 bits per heavy atom. The van der Waals surface area contributed by atoms with E-state index in [2.05, 4.69) is 47.6 Å². The van der Waals surface area contributed by atoms with Crippen LogP contribution >= 0.6 is 34.5 Å². The molecule has 0 bridgehead atoms. The van der Waals surface area contributed by atoms with Crippen LogP contribution < -0.4 is 10.2 Å². The Labute approximate surface area is 191 Å². The van der Waals surface area contributed by atoms with E-state index in [-0.39, 0.29) is 5.91 Å². The Morgan fingerprint density at radius 1 is 1.10 bits per heavy atom. The van der Waals surface area contributed by atoms with Crippen molar-refractivity contribution in [2.45, 2.75) is 39.7 Å². The molecular formula is C24H24Cl2N2OS. The normalized spacial score (nSPS) is 13.3. The molecule has 0 aliphatic carbocycles. The van der Waals surface area contributed by atoms with Crippen LogP contribution in [0.15, 0.2) is 41.8 Å². The van der Waals surface area contributed by atoms with Crippen molar-refractivity contribution >= 4 is 51.8 Å². The molecule has 0 saturated carbocycles. The smallest absolute Gasteiger partial charge is 0.224 e. The first-order chi connectivity index (χ1) is 14.4. The fraction of sp³-hybridized carbons (Fsp3) is 0.292. The standard InChI is InChI=1S/C24H24Cl2N2OS/c1-15-9-21(28-7-5-22-18(14-28)6-8-30-22)10-16(2)24(15)27-23(29)4-3-17-11-19(25)13-20(26)12-17/h6,8-13H,3-5,7,14H2,1-2H3,(H,27,29). The SMILES string of the molecule is Cc1cc(N2CCc3sccc3C2)cc(C)c1NC(=O)CCc1cc(Cl)cc(Cl)c1. The number of nitrogens with zero attached hydrogens (tertiary/aromatic N) is 1. The Hall–Kier alpha value is -2.01. The number of hydrogen-bond donors (Lipinski definition) is 1. The molecule has 3 aromatic rings. The van der Waals surface area contributed by atoms with Gasteiger partial charge in [0.2, 0.25) is 5.91 Å². The third-order valence-electron chi connectivity index (χ3n) is 5.52. The average molecular weight is 459 g/mol. The summed E-state index contributed by atoms with van der Waals surface area (Å²) in [6, 6.07) is 12.0. The first kappa shape index (κ1) is 21.2. The van der Waals surface area contributed by atoms with Crippen LogP contribution in [-0.2, 0) is 24.2 Å². The molecule has 0 fully saturated rings. The van der Waals surface area contributed by atoms with Gasteiger partial charge in [0.15, 0.2) is 0 Å². The summed E-state index contributed by atoms with van der Waals surface area (Å²) in [5.41, 5.74) is 6.68. The van der Waals surface area contributed by atoms with Crippen molar-refractivity contribution in [1.29, 1.82) is 0 Å². The molecule has 0 unspecified atom stereocenters. The van der Waals surface area contributed by atoms with Crippen LogP contribution in [0, 0.1) is 13.8 Å². The van der Waals surface area contributed by atoms with E-state index in [0.717, 1.165) is 41.9 Å². The molecule has 2 aromatic carbocycles. The second kappa shape index (κ2) is 9.01. The minimum absolute atomic E-state index is 0.00839. The van der Waals surface area contributed by atoms with Crippen molar-refractivity contribution in [3.05, 3.63) is 79.0 Å². The lowest BCUT2D eigenvalue weighted by atomic mass is 10.0. The number of nitrogens with one attached hydrogen (secondary N) is 1. The number of amides is 1. The van der Waals surface area contributed by atoms with Crippen LogP contribution in [-0.4, -0.2) is 12.5 Å². The molecule has 0 spiro atoms. The highest BCUT2D eigenvalue weighted by atomic mass is 35.5. The van der Waals surface area contributed by atoms with Crippen molar-refractivity contribution < 1.29 is 4.79 Å². The number of hydrogen-bond acceptors (Lipinski definition) is 3. The maximum atomic E-state index is 12.6. The minimum atomic E-state index is -0.00839. The fourth-order valence-electron chi connectivity index (χ4n) is 4.00. The molecule has 0 atom stereocenters. The third kappa shape index (κ3) is 4.83. The number of rotatable bonds is 5. The number of halogens is 2. The molecule has 4 rings (SSSR count). The Bertz CT molecular complexity index is 1050. The highest BCUT2D eigenvalue weighted by Crippen LogP contribution is 2.32. The summed E-state index contributed by atoms with van der Waals surface area (Å²) < 4.78 is 0. The molecule has 30 heavy (non-hydrogen) atoms. The van der Waals surface area contributed by atoms with E-state index in [1.807, 2.05) is 23.5 Å². The molecular weight excluding hydrogens is 435 g/mol. The van der Waals surface area contributed by atoms with Gasteiger partial charge in [-0.3, -0.25) is 4.79 Å². The van der Waals surface area contributed by atoms with E-state index in [9.17, 15) is 4.79 Å². The molecule has 3 nitrogen and oxygen atoms in total. The average Bonchev–Trinajstić information content (AvgIpc) is 3.16. The first-order valence-corrected chi connectivity index (χ1v) is 11.7. The zero-order chi connectivity index (χ0) is 21.3. The summed E-state index contributed by atoms with van der Waals surface area (Å²) in [4.78, 5) is 16.5. The number of anilines is 2. The number of fused-ring (bicyclic) bond motifs is 1. The summed E-state index contributed by atoms with van der Waals surface area (Å²) in [6.07, 6.45) is 2.07. The van der Waals surface area contributed by atoms with Gasteiger partial charge in [0, 0.05) is 45.8 Å². The second-order valence-electron chi connectivity index (χ2n) is 7.82. The Kier molecular flexibility index (Phi) is 6.37. The van der Waals surface area contributed by atoms with E-state index in [1.165, 1.54) is 16.1 Å². The summed E-state index contributed by atoms with van der Waals surface area (Å²) in [7, 11) is 0. The quantitative estimate of drug-likeness (QED) is 0.455. The molecule has 0 radical (unpaired) electrons. The van der Waals surface area contributed by atoms with Crippen LogP contribution in [0.5, 0.6) is 0 Å². The number of thiophene rings is 1. The number of aryl methyl sites for hydroxylation is 3. The van der Waals surface area contributed by atoms with Crippen LogP contribution in [0.3, 0.4) is 0 Å². The van der Waals surface area contributed by atoms with Crippen LogP contribution in [0.25, 0.3) is 0 Å². The Morgan fingerprint density at radius 2 is 1.80 bits per heavy atom. The van der Waals surface area contributed by atoms with Gasteiger partial charge in [-0.1, -0.05) is 23.2 Å². The number of benzene rings is 2. The lowest BCUT2D eigenvalue weighted by molar-refractivity contribution is -0.116. The third-order valence-corrected chi connectivity index (χ3v) is 6.98. The van der Waals surface area contributed by atoms with E-state index in [1.54, 1.807) is 6.07 Å². The second-order valence-corrected chi connectivity index (χ2v) is 9.69. The zero-order valence-corrected chi connectivity index (χ0v) is 19.4. The van der Waals surface area contributed by atoms with Gasteiger partial charge < -0.3 is 10.2 Å². The molecule has 6 heteroatoms. The molecule has 1 N–H and O–H groups in total. The van der Waals surface area contributed by atoms with E-state index >= 15 is 0 Å². The monoisotopic (exact) mass is 458 g/mol. The zero-order valence-electron chi connectivity index (χ0n) is 17.1. The van der Waals surface area contributed by atoms with Crippen LogP contribution in [0.1, 0.15) is 33.6 Å². The maximum Gasteiger partial charge on any atom is 0.224 e. The molecule has 1 aliphatic rings. The molecule has 0 saturated heterocycles. The summed E-state index contributed by atoms with van der Waals surface area (Å²) in [5, 5.41) is 6.46. The van der Waals surface area contributed by atoms with Gasteiger partial charge in [0.25, 0.3) is 0 Å².